The van der Waals surface area contributed by atoms with Crippen LogP contribution in [0, 0.1) is 0 Å². The van der Waals surface area contributed by atoms with Gasteiger partial charge >= 0.3 is 0 Å². The standard InChI is InChI=1S/C5H9NO/c1-3-5-6-7-4-2/h4-5H,2-3H2,1H3. The van der Waals surface area contributed by atoms with E-state index in [9.17, 15) is 0 Å². The minimum atomic E-state index is 0.897. The number of rotatable bonds is 3. The van der Waals surface area contributed by atoms with E-state index >= 15 is 0 Å². The van der Waals surface area contributed by atoms with Crippen LogP contribution in [0.25, 0.3) is 0 Å². The van der Waals surface area contributed by atoms with Crippen LogP contribution in [0.1, 0.15) is 13.3 Å². The van der Waals surface area contributed by atoms with Gasteiger partial charge in [-0.25, -0.2) is 0 Å². The highest BCUT2D eigenvalue weighted by Crippen LogP contribution is 1.73. The first-order valence-corrected chi connectivity index (χ1v) is 2.20. The second kappa shape index (κ2) is 5.21. The van der Waals surface area contributed by atoms with Crippen LogP contribution in [-0.2, 0) is 4.84 Å². The van der Waals surface area contributed by atoms with Crippen molar-refractivity contribution in [3.63, 3.8) is 0 Å². The molecule has 0 N–H and O–H groups in total. The minimum absolute atomic E-state index is 0.897. The van der Waals surface area contributed by atoms with Gasteiger partial charge in [0.25, 0.3) is 0 Å². The predicted molar refractivity (Wildman–Crippen MR) is 30.1 cm³/mol. The summed E-state index contributed by atoms with van der Waals surface area (Å²) in [7, 11) is 0. The summed E-state index contributed by atoms with van der Waals surface area (Å²) in [5.41, 5.74) is 0. The lowest BCUT2D eigenvalue weighted by Crippen LogP contribution is -1.67. The Morgan fingerprint density at radius 3 is 3.00 bits per heavy atom. The van der Waals surface area contributed by atoms with Crippen LogP contribution in [0.2, 0.25) is 0 Å². The molecule has 0 aromatic carbocycles. The van der Waals surface area contributed by atoms with E-state index in [1.54, 1.807) is 6.21 Å². The summed E-state index contributed by atoms with van der Waals surface area (Å²) in [6.45, 7) is 5.28. The highest BCUT2D eigenvalue weighted by atomic mass is 16.6. The summed E-state index contributed by atoms with van der Waals surface area (Å²) in [5.74, 6) is 0. The third kappa shape index (κ3) is 5.21. The Morgan fingerprint density at radius 2 is 2.57 bits per heavy atom. The van der Waals surface area contributed by atoms with E-state index in [0.29, 0.717) is 0 Å². The molecule has 2 heteroatoms. The lowest BCUT2D eigenvalue weighted by molar-refractivity contribution is 0.271. The molecule has 0 atom stereocenters. The van der Waals surface area contributed by atoms with Gasteiger partial charge in [-0.05, 0) is 6.42 Å². The first-order valence-electron chi connectivity index (χ1n) is 2.20. The molecule has 0 radical (unpaired) electrons. The number of hydrogen-bond donors (Lipinski definition) is 0. The fraction of sp³-hybridized carbons (Fsp3) is 0.400. The van der Waals surface area contributed by atoms with Crippen LogP contribution in [0.3, 0.4) is 0 Å². The molecule has 0 heterocycles. The summed E-state index contributed by atoms with van der Waals surface area (Å²) in [6.07, 6.45) is 3.85. The molecule has 0 unspecified atom stereocenters. The molecule has 0 aromatic heterocycles. The molecular formula is C5H9NO. The van der Waals surface area contributed by atoms with Crippen molar-refractivity contribution < 1.29 is 4.84 Å². The normalized spacial score (nSPS) is 9.29. The zero-order valence-electron chi connectivity index (χ0n) is 4.42. The molecule has 0 spiro atoms. The first kappa shape index (κ1) is 6.21. The molecule has 7 heavy (non-hydrogen) atoms. The van der Waals surface area contributed by atoms with Crippen LogP contribution in [0.5, 0.6) is 0 Å². The summed E-state index contributed by atoms with van der Waals surface area (Å²) in [5, 5.41) is 3.47. The first-order chi connectivity index (χ1) is 3.41. The van der Waals surface area contributed by atoms with Gasteiger partial charge in [-0.15, -0.1) is 0 Å². The third-order valence-corrected chi connectivity index (χ3v) is 0.393. The average Bonchev–Trinajstić information content (AvgIpc) is 1.69. The van der Waals surface area contributed by atoms with Crippen molar-refractivity contribution in [2.24, 2.45) is 5.16 Å². The van der Waals surface area contributed by atoms with Crippen LogP contribution in [0.4, 0.5) is 0 Å². The Hall–Kier alpha value is -0.790. The highest BCUT2D eigenvalue weighted by Gasteiger charge is 1.62. The maximum Gasteiger partial charge on any atom is 0.114 e. The van der Waals surface area contributed by atoms with Crippen LogP contribution in [0.15, 0.2) is 18.0 Å². The summed E-state index contributed by atoms with van der Waals surface area (Å²) >= 11 is 0. The molecule has 0 aliphatic carbocycles. The Labute approximate surface area is 43.5 Å². The van der Waals surface area contributed by atoms with E-state index in [4.69, 9.17) is 0 Å². The Morgan fingerprint density at radius 1 is 1.86 bits per heavy atom. The van der Waals surface area contributed by atoms with Crippen molar-refractivity contribution in [1.29, 1.82) is 0 Å². The van der Waals surface area contributed by atoms with E-state index in [0.717, 1.165) is 6.42 Å². The van der Waals surface area contributed by atoms with Crippen molar-refractivity contribution >= 4 is 6.21 Å². The lowest BCUT2D eigenvalue weighted by Gasteiger charge is -1.80. The third-order valence-electron chi connectivity index (χ3n) is 0.393. The van der Waals surface area contributed by atoms with Gasteiger partial charge in [-0.3, -0.25) is 0 Å². The Bertz CT molecular complexity index is 68.5. The van der Waals surface area contributed by atoms with Gasteiger partial charge in [-0.2, -0.15) is 0 Å². The topological polar surface area (TPSA) is 21.6 Å². The van der Waals surface area contributed by atoms with Crippen molar-refractivity contribution in [2.75, 3.05) is 0 Å². The fourth-order valence-corrected chi connectivity index (χ4v) is 0.161. The fourth-order valence-electron chi connectivity index (χ4n) is 0.161. The summed E-state index contributed by atoms with van der Waals surface area (Å²) in [6, 6.07) is 0. The van der Waals surface area contributed by atoms with E-state index in [1.807, 2.05) is 6.92 Å². The highest BCUT2D eigenvalue weighted by molar-refractivity contribution is 5.55. The average molecular weight is 99.1 g/mol. The molecule has 0 aliphatic heterocycles. The zero-order valence-corrected chi connectivity index (χ0v) is 4.42. The van der Waals surface area contributed by atoms with Crippen molar-refractivity contribution in [3.8, 4) is 0 Å². The van der Waals surface area contributed by atoms with Crippen LogP contribution < -0.4 is 0 Å². The van der Waals surface area contributed by atoms with Gasteiger partial charge in [0.05, 0.1) is 0 Å². The molecule has 0 fully saturated rings. The molecular weight excluding hydrogens is 90.1 g/mol. The lowest BCUT2D eigenvalue weighted by atomic mass is 10.6. The SMILES string of the molecule is C=CON=CCC. The van der Waals surface area contributed by atoms with E-state index in [2.05, 4.69) is 16.6 Å². The van der Waals surface area contributed by atoms with Crippen molar-refractivity contribution in [2.45, 2.75) is 13.3 Å². The number of oxime groups is 1. The van der Waals surface area contributed by atoms with Crippen molar-refractivity contribution in [1.82, 2.24) is 0 Å². The molecule has 0 rings (SSSR count). The van der Waals surface area contributed by atoms with Gasteiger partial charge in [0.2, 0.25) is 0 Å². The maximum atomic E-state index is 4.41. The Kier molecular flexibility index (Phi) is 4.62. The second-order valence-electron chi connectivity index (χ2n) is 0.968. The second-order valence-corrected chi connectivity index (χ2v) is 0.968. The van der Waals surface area contributed by atoms with Crippen molar-refractivity contribution in [3.05, 3.63) is 12.8 Å². The quantitative estimate of drug-likeness (QED) is 0.299. The number of nitrogens with zero attached hydrogens (tertiary/aromatic N) is 1. The molecule has 0 bridgehead atoms. The largest absolute Gasteiger partial charge is 0.366 e. The zero-order chi connectivity index (χ0) is 5.54. The number of hydrogen-bond acceptors (Lipinski definition) is 2. The summed E-state index contributed by atoms with van der Waals surface area (Å²) < 4.78 is 0. The molecule has 0 aromatic rings. The van der Waals surface area contributed by atoms with Crippen LogP contribution in [-0.4, -0.2) is 6.21 Å². The molecule has 0 saturated carbocycles. The molecule has 0 saturated heterocycles. The van der Waals surface area contributed by atoms with Gasteiger partial charge in [-0.1, -0.05) is 18.7 Å². The van der Waals surface area contributed by atoms with Gasteiger partial charge in [0.15, 0.2) is 0 Å². The molecule has 0 amide bonds. The van der Waals surface area contributed by atoms with Gasteiger partial charge in [0.1, 0.15) is 6.26 Å². The molecule has 2 nitrogen and oxygen atoms in total. The summed E-state index contributed by atoms with van der Waals surface area (Å²) in [4.78, 5) is 4.41. The van der Waals surface area contributed by atoms with E-state index < -0.39 is 0 Å². The maximum absolute atomic E-state index is 4.41. The smallest absolute Gasteiger partial charge is 0.114 e. The van der Waals surface area contributed by atoms with Gasteiger partial charge < -0.3 is 4.84 Å². The van der Waals surface area contributed by atoms with E-state index in [1.165, 1.54) is 6.26 Å². The van der Waals surface area contributed by atoms with E-state index in [-0.39, 0.29) is 0 Å². The molecule has 40 valence electrons. The van der Waals surface area contributed by atoms with Crippen LogP contribution >= 0.6 is 0 Å². The minimum Gasteiger partial charge on any atom is -0.366 e. The Balaban J connectivity index is 2.92. The monoisotopic (exact) mass is 99.1 g/mol. The van der Waals surface area contributed by atoms with Gasteiger partial charge in [0, 0.05) is 6.21 Å². The molecule has 0 aliphatic rings. The predicted octanol–water partition coefficient (Wildman–Crippen LogP) is 1.54.